The maximum absolute atomic E-state index is 12.3. The second kappa shape index (κ2) is 8.86. The highest BCUT2D eigenvalue weighted by Gasteiger charge is 2.26. The zero-order valence-electron chi connectivity index (χ0n) is 14.7. The molecule has 2 aromatic rings. The van der Waals surface area contributed by atoms with Crippen molar-refractivity contribution in [3.05, 3.63) is 70.7 Å². The molecule has 1 saturated heterocycles. The van der Waals surface area contributed by atoms with Crippen molar-refractivity contribution in [2.45, 2.75) is 25.8 Å². The minimum Gasteiger partial charge on any atom is -0.344 e. The van der Waals surface area contributed by atoms with Crippen molar-refractivity contribution in [2.24, 2.45) is 5.92 Å². The van der Waals surface area contributed by atoms with Gasteiger partial charge in [-0.05, 0) is 48.4 Å². The van der Waals surface area contributed by atoms with Gasteiger partial charge in [-0.25, -0.2) is 0 Å². The van der Waals surface area contributed by atoms with Gasteiger partial charge < -0.3 is 10.2 Å². The lowest BCUT2D eigenvalue weighted by Gasteiger charge is -2.31. The van der Waals surface area contributed by atoms with Crippen LogP contribution in [0.2, 0.25) is 5.02 Å². The van der Waals surface area contributed by atoms with Crippen LogP contribution in [-0.2, 0) is 22.6 Å². The van der Waals surface area contributed by atoms with Gasteiger partial charge >= 0.3 is 11.8 Å². The van der Waals surface area contributed by atoms with E-state index >= 15 is 0 Å². The van der Waals surface area contributed by atoms with Gasteiger partial charge in [0.25, 0.3) is 0 Å². The number of hydrogen-bond acceptors (Lipinski definition) is 2. The lowest BCUT2D eigenvalue weighted by Crippen LogP contribution is -2.46. The van der Waals surface area contributed by atoms with Gasteiger partial charge in [0, 0.05) is 24.7 Å². The topological polar surface area (TPSA) is 49.4 Å². The first kappa shape index (κ1) is 18.5. The molecule has 1 aliphatic rings. The minimum atomic E-state index is -0.540. The fourth-order valence-electron chi connectivity index (χ4n) is 3.29. The maximum Gasteiger partial charge on any atom is 0.311 e. The summed E-state index contributed by atoms with van der Waals surface area (Å²) in [4.78, 5) is 26.1. The van der Waals surface area contributed by atoms with E-state index in [2.05, 4.69) is 29.6 Å². The first-order chi connectivity index (χ1) is 12.6. The highest BCUT2D eigenvalue weighted by Crippen LogP contribution is 2.21. The molecule has 1 fully saturated rings. The summed E-state index contributed by atoms with van der Waals surface area (Å²) in [6, 6.07) is 17.6. The third kappa shape index (κ3) is 5.09. The number of amides is 2. The minimum absolute atomic E-state index is 0.326. The average molecular weight is 371 g/mol. The number of piperidine rings is 1. The molecule has 0 bridgehead atoms. The second-order valence-corrected chi connectivity index (χ2v) is 7.17. The number of nitrogens with zero attached hydrogens (tertiary/aromatic N) is 1. The molecule has 0 atom stereocenters. The van der Waals surface area contributed by atoms with Crippen LogP contribution in [0.5, 0.6) is 0 Å². The fourth-order valence-corrected chi connectivity index (χ4v) is 3.42. The van der Waals surface area contributed by atoms with Crippen LogP contribution in [0.4, 0.5) is 0 Å². The summed E-state index contributed by atoms with van der Waals surface area (Å²) in [5.41, 5.74) is 2.25. The van der Waals surface area contributed by atoms with E-state index in [1.165, 1.54) is 5.56 Å². The number of halogens is 1. The summed E-state index contributed by atoms with van der Waals surface area (Å²) in [5.74, 6) is -0.405. The molecule has 0 aromatic heterocycles. The van der Waals surface area contributed by atoms with E-state index in [0.717, 1.165) is 24.8 Å². The van der Waals surface area contributed by atoms with Crippen molar-refractivity contribution < 1.29 is 9.59 Å². The average Bonchev–Trinajstić information content (AvgIpc) is 2.68. The molecule has 1 aliphatic heterocycles. The summed E-state index contributed by atoms with van der Waals surface area (Å²) in [6.07, 6.45) is 2.90. The van der Waals surface area contributed by atoms with Gasteiger partial charge in [-0.15, -0.1) is 0 Å². The molecule has 2 aromatic carbocycles. The fraction of sp³-hybridized carbons (Fsp3) is 0.333. The Hall–Kier alpha value is -2.33. The summed E-state index contributed by atoms with van der Waals surface area (Å²) in [5, 5.41) is 3.34. The molecular weight excluding hydrogens is 348 g/mol. The van der Waals surface area contributed by atoms with Gasteiger partial charge in [-0.1, -0.05) is 54.1 Å². The maximum atomic E-state index is 12.3. The number of hydrogen-bond donors (Lipinski definition) is 1. The molecule has 1 heterocycles. The number of carbonyl (C=O) groups is 2. The van der Waals surface area contributed by atoms with E-state index in [1.54, 1.807) is 17.0 Å². The normalized spacial score (nSPS) is 14.9. The van der Waals surface area contributed by atoms with Crippen molar-refractivity contribution in [1.29, 1.82) is 0 Å². The standard InChI is InChI=1S/C21H23ClN2O2/c22-19-8-6-18(7-9-19)15-23-20(25)21(26)24-12-10-17(11-13-24)14-16-4-2-1-3-5-16/h1-9,17H,10-15H2,(H,23,25). The van der Waals surface area contributed by atoms with E-state index in [0.29, 0.717) is 30.6 Å². The molecule has 1 N–H and O–H groups in total. The summed E-state index contributed by atoms with van der Waals surface area (Å²) in [7, 11) is 0. The second-order valence-electron chi connectivity index (χ2n) is 6.73. The van der Waals surface area contributed by atoms with Crippen molar-refractivity contribution in [1.82, 2.24) is 10.2 Å². The lowest BCUT2D eigenvalue weighted by molar-refractivity contribution is -0.146. The summed E-state index contributed by atoms with van der Waals surface area (Å²) in [6.45, 7) is 1.61. The van der Waals surface area contributed by atoms with Crippen LogP contribution >= 0.6 is 11.6 Å². The zero-order valence-corrected chi connectivity index (χ0v) is 15.4. The molecule has 0 unspecified atom stereocenters. The van der Waals surface area contributed by atoms with Gasteiger partial charge in [0.15, 0.2) is 0 Å². The molecule has 0 saturated carbocycles. The van der Waals surface area contributed by atoms with Gasteiger partial charge in [-0.2, -0.15) is 0 Å². The Balaban J connectivity index is 1.44. The third-order valence-electron chi connectivity index (χ3n) is 4.83. The van der Waals surface area contributed by atoms with Crippen molar-refractivity contribution in [2.75, 3.05) is 13.1 Å². The molecular formula is C21H23ClN2O2. The van der Waals surface area contributed by atoms with Gasteiger partial charge in [0.05, 0.1) is 0 Å². The van der Waals surface area contributed by atoms with Crippen LogP contribution in [0.3, 0.4) is 0 Å². The molecule has 2 amide bonds. The number of nitrogens with one attached hydrogen (secondary N) is 1. The quantitative estimate of drug-likeness (QED) is 0.838. The van der Waals surface area contributed by atoms with Crippen LogP contribution in [0.1, 0.15) is 24.0 Å². The largest absolute Gasteiger partial charge is 0.344 e. The van der Waals surface area contributed by atoms with Crippen LogP contribution in [0.15, 0.2) is 54.6 Å². The van der Waals surface area contributed by atoms with E-state index in [9.17, 15) is 9.59 Å². The van der Waals surface area contributed by atoms with E-state index in [4.69, 9.17) is 11.6 Å². The Kier molecular flexibility index (Phi) is 6.29. The Morgan fingerprint density at radius 3 is 2.27 bits per heavy atom. The Morgan fingerprint density at radius 2 is 1.62 bits per heavy atom. The van der Waals surface area contributed by atoms with Crippen molar-refractivity contribution in [3.8, 4) is 0 Å². The molecule has 0 spiro atoms. The molecule has 3 rings (SSSR count). The number of rotatable bonds is 4. The summed E-state index contributed by atoms with van der Waals surface area (Å²) < 4.78 is 0. The van der Waals surface area contributed by atoms with Crippen LogP contribution in [0, 0.1) is 5.92 Å². The van der Waals surface area contributed by atoms with E-state index < -0.39 is 11.8 Å². The lowest BCUT2D eigenvalue weighted by atomic mass is 9.90. The van der Waals surface area contributed by atoms with Gasteiger partial charge in [-0.3, -0.25) is 9.59 Å². The Bertz CT molecular complexity index is 738. The van der Waals surface area contributed by atoms with E-state index in [1.807, 2.05) is 18.2 Å². The Labute approximate surface area is 159 Å². The van der Waals surface area contributed by atoms with Gasteiger partial charge in [0.2, 0.25) is 0 Å². The van der Waals surface area contributed by atoms with Crippen LogP contribution in [0.25, 0.3) is 0 Å². The monoisotopic (exact) mass is 370 g/mol. The van der Waals surface area contributed by atoms with E-state index in [-0.39, 0.29) is 0 Å². The van der Waals surface area contributed by atoms with Crippen molar-refractivity contribution in [3.63, 3.8) is 0 Å². The molecule has 0 aliphatic carbocycles. The SMILES string of the molecule is O=C(NCc1ccc(Cl)cc1)C(=O)N1CCC(Cc2ccccc2)CC1. The number of benzene rings is 2. The summed E-state index contributed by atoms with van der Waals surface area (Å²) >= 11 is 5.84. The highest BCUT2D eigenvalue weighted by molar-refractivity contribution is 6.35. The number of likely N-dealkylation sites (tertiary alicyclic amines) is 1. The predicted octanol–water partition coefficient (Wildman–Crippen LogP) is 3.44. The Morgan fingerprint density at radius 1 is 0.962 bits per heavy atom. The predicted molar refractivity (Wildman–Crippen MR) is 103 cm³/mol. The first-order valence-corrected chi connectivity index (χ1v) is 9.35. The van der Waals surface area contributed by atoms with Crippen LogP contribution in [-0.4, -0.2) is 29.8 Å². The zero-order chi connectivity index (χ0) is 18.4. The van der Waals surface area contributed by atoms with Crippen molar-refractivity contribution >= 4 is 23.4 Å². The third-order valence-corrected chi connectivity index (χ3v) is 5.08. The molecule has 0 radical (unpaired) electrons. The molecule has 5 heteroatoms. The molecule has 4 nitrogen and oxygen atoms in total. The van der Waals surface area contributed by atoms with Crippen LogP contribution < -0.4 is 5.32 Å². The smallest absolute Gasteiger partial charge is 0.311 e. The van der Waals surface area contributed by atoms with Gasteiger partial charge in [0.1, 0.15) is 0 Å². The molecule has 136 valence electrons. The first-order valence-electron chi connectivity index (χ1n) is 8.97. The molecule has 26 heavy (non-hydrogen) atoms. The highest BCUT2D eigenvalue weighted by atomic mass is 35.5. The number of carbonyl (C=O) groups excluding carboxylic acids is 2.